The molecule has 0 aliphatic heterocycles. The monoisotopic (exact) mass is 308 g/mol. The molecule has 2 heterocycles. The van der Waals surface area contributed by atoms with Gasteiger partial charge in [-0.15, -0.1) is 0 Å². The van der Waals surface area contributed by atoms with Crippen LogP contribution in [0, 0.1) is 27.7 Å². The second-order valence-corrected chi connectivity index (χ2v) is 5.97. The molecule has 118 valence electrons. The van der Waals surface area contributed by atoms with Crippen LogP contribution < -0.4 is 5.56 Å². The Kier molecular flexibility index (Phi) is 3.86. The summed E-state index contributed by atoms with van der Waals surface area (Å²) in [6.45, 7) is 7.75. The van der Waals surface area contributed by atoms with Gasteiger partial charge in [0.25, 0.3) is 11.5 Å². The third kappa shape index (κ3) is 3.08. The molecule has 3 rings (SSSR count). The first kappa shape index (κ1) is 15.2. The predicted molar refractivity (Wildman–Crippen MR) is 90.2 cm³/mol. The number of nitrogens with zero attached hydrogens (tertiary/aromatic N) is 3. The van der Waals surface area contributed by atoms with Gasteiger partial charge in [0.05, 0.1) is 0 Å². The average Bonchev–Trinajstić information content (AvgIpc) is 2.74. The molecule has 0 fully saturated rings. The summed E-state index contributed by atoms with van der Waals surface area (Å²) >= 11 is 0. The molecule has 23 heavy (non-hydrogen) atoms. The van der Waals surface area contributed by atoms with Gasteiger partial charge in [0.15, 0.2) is 0 Å². The largest absolute Gasteiger partial charge is 0.292 e. The molecule has 0 spiro atoms. The molecule has 0 saturated heterocycles. The summed E-state index contributed by atoms with van der Waals surface area (Å²) in [7, 11) is 0. The highest BCUT2D eigenvalue weighted by molar-refractivity contribution is 5.31. The zero-order valence-electron chi connectivity index (χ0n) is 13.8. The van der Waals surface area contributed by atoms with Crippen LogP contribution in [0.15, 0.2) is 35.1 Å². The third-order valence-electron chi connectivity index (χ3n) is 3.83. The number of aromatic nitrogens is 4. The van der Waals surface area contributed by atoms with Gasteiger partial charge in [-0.05, 0) is 39.3 Å². The fourth-order valence-corrected chi connectivity index (χ4v) is 2.76. The van der Waals surface area contributed by atoms with Crippen LogP contribution in [0.2, 0.25) is 0 Å². The van der Waals surface area contributed by atoms with E-state index in [1.54, 1.807) is 0 Å². The summed E-state index contributed by atoms with van der Waals surface area (Å²) in [6, 6.07) is 10.1. The van der Waals surface area contributed by atoms with Crippen molar-refractivity contribution in [3.8, 4) is 5.95 Å². The lowest BCUT2D eigenvalue weighted by Crippen LogP contribution is -2.20. The second kappa shape index (κ2) is 5.83. The molecule has 5 heteroatoms. The maximum atomic E-state index is 12.8. The Morgan fingerprint density at radius 2 is 1.74 bits per heavy atom. The summed E-state index contributed by atoms with van der Waals surface area (Å²) in [4.78, 5) is 21.5. The van der Waals surface area contributed by atoms with Gasteiger partial charge in [-0.3, -0.25) is 9.89 Å². The van der Waals surface area contributed by atoms with Crippen LogP contribution in [0.4, 0.5) is 0 Å². The quantitative estimate of drug-likeness (QED) is 0.809. The Labute approximate surface area is 135 Å². The van der Waals surface area contributed by atoms with Crippen molar-refractivity contribution in [3.05, 3.63) is 74.5 Å². The van der Waals surface area contributed by atoms with E-state index in [2.05, 4.69) is 34.1 Å². The van der Waals surface area contributed by atoms with Crippen molar-refractivity contribution in [2.24, 2.45) is 0 Å². The van der Waals surface area contributed by atoms with Gasteiger partial charge in [-0.25, -0.2) is 9.97 Å². The number of benzene rings is 1. The fraction of sp³-hybridized carbons (Fsp3) is 0.278. The Bertz CT molecular complexity index is 901. The van der Waals surface area contributed by atoms with Crippen LogP contribution in [-0.2, 0) is 6.42 Å². The molecule has 3 aromatic rings. The predicted octanol–water partition coefficient (Wildman–Crippen LogP) is 2.78. The number of aryl methyl sites for hydroxylation is 4. The van der Waals surface area contributed by atoms with Crippen molar-refractivity contribution < 1.29 is 0 Å². The molecule has 1 N–H and O–H groups in total. The molecule has 0 bridgehead atoms. The Morgan fingerprint density at radius 1 is 1.04 bits per heavy atom. The number of aromatic amines is 1. The van der Waals surface area contributed by atoms with Crippen LogP contribution in [0.25, 0.3) is 5.95 Å². The van der Waals surface area contributed by atoms with E-state index in [-0.39, 0.29) is 5.56 Å². The zero-order valence-corrected chi connectivity index (χ0v) is 13.8. The molecule has 5 nitrogen and oxygen atoms in total. The van der Waals surface area contributed by atoms with Gasteiger partial charge in [0, 0.05) is 29.1 Å². The van der Waals surface area contributed by atoms with Crippen LogP contribution in [0.3, 0.4) is 0 Å². The van der Waals surface area contributed by atoms with Gasteiger partial charge in [0.2, 0.25) is 0 Å². The molecule has 1 aromatic carbocycles. The zero-order chi connectivity index (χ0) is 16.6. The van der Waals surface area contributed by atoms with E-state index < -0.39 is 0 Å². The maximum Gasteiger partial charge on any atom is 0.277 e. The van der Waals surface area contributed by atoms with Crippen molar-refractivity contribution in [1.82, 2.24) is 19.7 Å². The van der Waals surface area contributed by atoms with E-state index in [0.717, 1.165) is 28.2 Å². The standard InChI is InChI=1S/C18H20N4O/c1-11-6-5-7-15(8-11)10-16-14(4)21-22(17(16)23)18-19-12(2)9-13(3)20-18/h5-9,21H,10H2,1-4H3. The molecular weight excluding hydrogens is 288 g/mol. The number of hydrogen-bond acceptors (Lipinski definition) is 3. The van der Waals surface area contributed by atoms with E-state index in [0.29, 0.717) is 12.4 Å². The molecular formula is C18H20N4O. The molecule has 0 radical (unpaired) electrons. The summed E-state index contributed by atoms with van der Waals surface area (Å²) in [5, 5.41) is 3.10. The Morgan fingerprint density at radius 3 is 2.39 bits per heavy atom. The maximum absolute atomic E-state index is 12.8. The van der Waals surface area contributed by atoms with Crippen LogP contribution in [-0.4, -0.2) is 19.7 Å². The summed E-state index contributed by atoms with van der Waals surface area (Å²) in [5.74, 6) is 0.395. The van der Waals surface area contributed by atoms with Crippen molar-refractivity contribution in [3.63, 3.8) is 0 Å². The highest BCUT2D eigenvalue weighted by Crippen LogP contribution is 2.12. The second-order valence-electron chi connectivity index (χ2n) is 5.97. The van der Waals surface area contributed by atoms with E-state index >= 15 is 0 Å². The highest BCUT2D eigenvalue weighted by atomic mass is 16.1. The molecule has 2 aromatic heterocycles. The first-order valence-electron chi connectivity index (χ1n) is 7.63. The third-order valence-corrected chi connectivity index (χ3v) is 3.83. The summed E-state index contributed by atoms with van der Waals surface area (Å²) < 4.78 is 1.43. The molecule has 0 aliphatic carbocycles. The smallest absolute Gasteiger partial charge is 0.277 e. The van der Waals surface area contributed by atoms with Crippen LogP contribution >= 0.6 is 0 Å². The van der Waals surface area contributed by atoms with Gasteiger partial charge in [-0.1, -0.05) is 29.8 Å². The topological polar surface area (TPSA) is 63.6 Å². The molecule has 0 atom stereocenters. The minimum atomic E-state index is -0.0889. The SMILES string of the molecule is Cc1cccc(Cc2c(C)[nH]n(-c3nc(C)cc(C)n3)c2=O)c1. The number of rotatable bonds is 3. The fourth-order valence-electron chi connectivity index (χ4n) is 2.76. The van der Waals surface area contributed by atoms with Crippen LogP contribution in [0.5, 0.6) is 0 Å². The lowest BCUT2D eigenvalue weighted by atomic mass is 10.0. The first-order valence-corrected chi connectivity index (χ1v) is 7.63. The van der Waals surface area contributed by atoms with E-state index in [1.165, 1.54) is 10.2 Å². The van der Waals surface area contributed by atoms with Crippen LogP contribution in [0.1, 0.15) is 33.8 Å². The van der Waals surface area contributed by atoms with Crippen molar-refractivity contribution in [1.29, 1.82) is 0 Å². The molecule has 0 aliphatic rings. The number of nitrogens with one attached hydrogen (secondary N) is 1. The minimum absolute atomic E-state index is 0.0889. The van der Waals surface area contributed by atoms with E-state index in [9.17, 15) is 4.79 Å². The minimum Gasteiger partial charge on any atom is -0.292 e. The summed E-state index contributed by atoms with van der Waals surface area (Å²) in [5.41, 5.74) is 5.50. The molecule has 0 saturated carbocycles. The van der Waals surface area contributed by atoms with Gasteiger partial charge >= 0.3 is 0 Å². The van der Waals surface area contributed by atoms with Crippen molar-refractivity contribution in [2.45, 2.75) is 34.1 Å². The highest BCUT2D eigenvalue weighted by Gasteiger charge is 2.15. The molecule has 0 amide bonds. The number of hydrogen-bond donors (Lipinski definition) is 1. The van der Waals surface area contributed by atoms with Crippen molar-refractivity contribution >= 4 is 0 Å². The van der Waals surface area contributed by atoms with Gasteiger partial charge < -0.3 is 0 Å². The lowest BCUT2D eigenvalue weighted by Gasteiger charge is -2.02. The van der Waals surface area contributed by atoms with E-state index in [4.69, 9.17) is 0 Å². The van der Waals surface area contributed by atoms with Gasteiger partial charge in [-0.2, -0.15) is 4.68 Å². The Hall–Kier alpha value is -2.69. The van der Waals surface area contributed by atoms with Gasteiger partial charge in [0.1, 0.15) is 0 Å². The van der Waals surface area contributed by atoms with E-state index in [1.807, 2.05) is 39.0 Å². The molecule has 0 unspecified atom stereocenters. The summed E-state index contributed by atoms with van der Waals surface area (Å²) in [6.07, 6.45) is 0.598. The first-order chi connectivity index (χ1) is 10.9. The average molecular weight is 308 g/mol. The lowest BCUT2D eigenvalue weighted by molar-refractivity contribution is 0.762. The Balaban J connectivity index is 2.04. The number of H-pyrrole nitrogens is 1. The van der Waals surface area contributed by atoms with Crippen molar-refractivity contribution in [2.75, 3.05) is 0 Å². The normalized spacial score (nSPS) is 11.0.